The van der Waals surface area contributed by atoms with Gasteiger partial charge in [-0.2, -0.15) is 0 Å². The predicted octanol–water partition coefficient (Wildman–Crippen LogP) is 2.22. The molecule has 0 spiro atoms. The highest BCUT2D eigenvalue weighted by Gasteiger charge is 2.51. The molecule has 1 rings (SSSR count). The molecule has 7 nitrogen and oxygen atoms in total. The molecule has 0 radical (unpaired) electrons. The van der Waals surface area contributed by atoms with Crippen molar-refractivity contribution in [3.63, 3.8) is 0 Å². The van der Waals surface area contributed by atoms with Crippen molar-refractivity contribution in [1.29, 1.82) is 0 Å². The molecule has 0 aromatic heterocycles. The number of hydroxylamine groups is 2. The normalized spacial score (nSPS) is 18.4. The average molecular weight is 406 g/mol. The van der Waals surface area contributed by atoms with Gasteiger partial charge in [-0.3, -0.25) is 14.4 Å². The van der Waals surface area contributed by atoms with Crippen LogP contribution in [0.25, 0.3) is 0 Å². The molecule has 1 saturated heterocycles. The molecule has 0 N–H and O–H groups in total. The number of hydrogen-bond donors (Lipinski definition) is 0. The highest BCUT2D eigenvalue weighted by Crippen LogP contribution is 2.45. The highest BCUT2D eigenvalue weighted by atomic mass is 79.9. The summed E-state index contributed by atoms with van der Waals surface area (Å²) in [6.07, 6.45) is 0.0617. The minimum atomic E-state index is -0.858. The summed E-state index contributed by atoms with van der Waals surface area (Å²) in [5.41, 5.74) is -0.858. The number of carbonyl (C=O) groups is 4. The standard InChI is InChI=1S/C16H24BrNO6/c1-9(13(21)24-18-10(19)7-8-11(18)20)15(2,3)12(14(22)23-6)16(4,5)17/h9,12H,7-8H2,1-6H3. The Balaban J connectivity index is 3.02. The summed E-state index contributed by atoms with van der Waals surface area (Å²) in [6, 6.07) is 0. The van der Waals surface area contributed by atoms with Crippen LogP contribution in [0.2, 0.25) is 0 Å². The van der Waals surface area contributed by atoms with Crippen LogP contribution in [0, 0.1) is 17.3 Å². The van der Waals surface area contributed by atoms with Crippen molar-refractivity contribution in [2.24, 2.45) is 17.3 Å². The summed E-state index contributed by atoms with van der Waals surface area (Å²) < 4.78 is 4.24. The molecule has 0 aromatic rings. The fourth-order valence-electron chi connectivity index (χ4n) is 2.97. The van der Waals surface area contributed by atoms with Gasteiger partial charge < -0.3 is 9.57 Å². The van der Waals surface area contributed by atoms with Crippen LogP contribution in [0.15, 0.2) is 0 Å². The summed E-state index contributed by atoms with van der Waals surface area (Å²) >= 11 is 3.48. The second-order valence-corrected chi connectivity index (χ2v) is 9.10. The van der Waals surface area contributed by atoms with Crippen molar-refractivity contribution in [2.45, 2.75) is 51.8 Å². The average Bonchev–Trinajstić information content (AvgIpc) is 2.76. The number of imide groups is 1. The van der Waals surface area contributed by atoms with Crippen molar-refractivity contribution in [2.75, 3.05) is 7.11 Å². The maximum atomic E-state index is 12.4. The number of hydrogen-bond acceptors (Lipinski definition) is 6. The lowest BCUT2D eigenvalue weighted by atomic mass is 9.66. The molecule has 1 fully saturated rings. The molecular weight excluding hydrogens is 382 g/mol. The first-order valence-corrected chi connectivity index (χ1v) is 8.47. The van der Waals surface area contributed by atoms with Gasteiger partial charge in [0.2, 0.25) is 0 Å². The number of halogens is 1. The SMILES string of the molecule is COC(=O)C(C(C)(C)Br)C(C)(C)C(C)C(=O)ON1C(=O)CCC1=O. The van der Waals surface area contributed by atoms with Crippen LogP contribution in [0.5, 0.6) is 0 Å². The Kier molecular flexibility index (Phi) is 6.19. The zero-order valence-corrected chi connectivity index (χ0v) is 16.4. The number of methoxy groups -OCH3 is 1. The van der Waals surface area contributed by atoms with E-state index in [1.807, 2.05) is 13.8 Å². The quantitative estimate of drug-likeness (QED) is 0.382. The summed E-state index contributed by atoms with van der Waals surface area (Å²) in [5.74, 6) is -3.71. The molecule has 2 amide bonds. The Morgan fingerprint density at radius 2 is 1.54 bits per heavy atom. The van der Waals surface area contributed by atoms with Crippen LogP contribution in [0.1, 0.15) is 47.5 Å². The largest absolute Gasteiger partial charge is 0.469 e. The van der Waals surface area contributed by atoms with Gasteiger partial charge in [0.15, 0.2) is 0 Å². The van der Waals surface area contributed by atoms with Crippen LogP contribution in [0.3, 0.4) is 0 Å². The van der Waals surface area contributed by atoms with Gasteiger partial charge in [-0.15, -0.1) is 5.06 Å². The van der Waals surface area contributed by atoms with Crippen molar-refractivity contribution < 1.29 is 28.8 Å². The van der Waals surface area contributed by atoms with E-state index in [1.165, 1.54) is 7.11 Å². The molecule has 2 atom stereocenters. The number of ether oxygens (including phenoxy) is 1. The maximum Gasteiger partial charge on any atom is 0.336 e. The van der Waals surface area contributed by atoms with Gasteiger partial charge in [0.1, 0.15) is 0 Å². The van der Waals surface area contributed by atoms with Crippen LogP contribution in [-0.4, -0.2) is 40.3 Å². The highest BCUT2D eigenvalue weighted by molar-refractivity contribution is 9.10. The lowest BCUT2D eigenvalue weighted by molar-refractivity contribution is -0.204. The third-order valence-electron chi connectivity index (χ3n) is 4.52. The monoisotopic (exact) mass is 405 g/mol. The third-order valence-corrected chi connectivity index (χ3v) is 4.98. The van der Waals surface area contributed by atoms with Gasteiger partial charge in [-0.05, 0) is 19.3 Å². The Morgan fingerprint density at radius 3 is 1.92 bits per heavy atom. The van der Waals surface area contributed by atoms with Gasteiger partial charge in [0.05, 0.1) is 18.9 Å². The first kappa shape index (κ1) is 20.6. The van der Waals surface area contributed by atoms with Gasteiger partial charge in [0.25, 0.3) is 11.8 Å². The fraction of sp³-hybridized carbons (Fsp3) is 0.750. The Labute approximate surface area is 150 Å². The number of alkyl halides is 1. The molecule has 0 bridgehead atoms. The minimum absolute atomic E-state index is 0.0309. The number of rotatable bonds is 6. The van der Waals surface area contributed by atoms with Crippen LogP contribution >= 0.6 is 15.9 Å². The number of amides is 2. The second-order valence-electron chi connectivity index (χ2n) is 7.06. The molecule has 1 aliphatic heterocycles. The van der Waals surface area contributed by atoms with E-state index in [0.717, 1.165) is 0 Å². The second kappa shape index (κ2) is 7.21. The Hall–Kier alpha value is -1.44. The molecule has 24 heavy (non-hydrogen) atoms. The van der Waals surface area contributed by atoms with E-state index in [1.54, 1.807) is 20.8 Å². The van der Waals surface area contributed by atoms with Gasteiger partial charge in [-0.1, -0.05) is 36.7 Å². The zero-order valence-electron chi connectivity index (χ0n) is 14.8. The zero-order chi connectivity index (χ0) is 18.9. The van der Waals surface area contributed by atoms with Gasteiger partial charge in [0, 0.05) is 17.2 Å². The fourth-order valence-corrected chi connectivity index (χ4v) is 3.74. The number of carbonyl (C=O) groups excluding carboxylic acids is 4. The van der Waals surface area contributed by atoms with E-state index in [2.05, 4.69) is 15.9 Å². The molecule has 1 heterocycles. The van der Waals surface area contributed by atoms with E-state index < -0.39 is 45.3 Å². The first-order valence-electron chi connectivity index (χ1n) is 7.68. The van der Waals surface area contributed by atoms with Gasteiger partial charge >= 0.3 is 11.9 Å². The molecule has 0 aliphatic carbocycles. The Morgan fingerprint density at radius 1 is 1.08 bits per heavy atom. The lowest BCUT2D eigenvalue weighted by Gasteiger charge is -2.42. The van der Waals surface area contributed by atoms with E-state index in [4.69, 9.17) is 9.57 Å². The van der Waals surface area contributed by atoms with E-state index in [0.29, 0.717) is 5.06 Å². The van der Waals surface area contributed by atoms with Gasteiger partial charge in [-0.25, -0.2) is 4.79 Å². The summed E-state index contributed by atoms with van der Waals surface area (Å²) in [6.45, 7) is 8.71. The number of nitrogens with zero attached hydrogens (tertiary/aromatic N) is 1. The number of esters is 1. The maximum absolute atomic E-state index is 12.4. The predicted molar refractivity (Wildman–Crippen MR) is 88.6 cm³/mol. The topological polar surface area (TPSA) is 90.0 Å². The van der Waals surface area contributed by atoms with E-state index in [9.17, 15) is 19.2 Å². The summed E-state index contributed by atoms with van der Waals surface area (Å²) in [7, 11) is 1.29. The molecular formula is C16H24BrNO6. The molecule has 0 saturated carbocycles. The summed E-state index contributed by atoms with van der Waals surface area (Å²) in [5, 5.41) is 0.515. The molecule has 136 valence electrons. The van der Waals surface area contributed by atoms with E-state index >= 15 is 0 Å². The smallest absolute Gasteiger partial charge is 0.336 e. The van der Waals surface area contributed by atoms with Crippen LogP contribution < -0.4 is 0 Å². The van der Waals surface area contributed by atoms with Crippen molar-refractivity contribution in [1.82, 2.24) is 5.06 Å². The van der Waals surface area contributed by atoms with Crippen LogP contribution in [0.4, 0.5) is 0 Å². The van der Waals surface area contributed by atoms with E-state index in [-0.39, 0.29) is 12.8 Å². The molecule has 8 heteroatoms. The Bertz CT molecular complexity index is 535. The third kappa shape index (κ3) is 4.15. The minimum Gasteiger partial charge on any atom is -0.469 e. The molecule has 0 aromatic carbocycles. The van der Waals surface area contributed by atoms with Crippen LogP contribution in [-0.2, 0) is 28.8 Å². The summed E-state index contributed by atoms with van der Waals surface area (Å²) in [4.78, 5) is 52.9. The van der Waals surface area contributed by atoms with Crippen molar-refractivity contribution in [3.05, 3.63) is 0 Å². The molecule has 2 unspecified atom stereocenters. The van der Waals surface area contributed by atoms with Crippen molar-refractivity contribution >= 4 is 39.7 Å². The van der Waals surface area contributed by atoms with Crippen molar-refractivity contribution in [3.8, 4) is 0 Å². The molecule has 1 aliphatic rings. The first-order chi connectivity index (χ1) is 10.8. The lowest BCUT2D eigenvalue weighted by Crippen LogP contribution is -2.49.